The fourth-order valence-corrected chi connectivity index (χ4v) is 1.43. The molecule has 0 unspecified atom stereocenters. The number of hydrogen-bond donors (Lipinski definition) is 2. The highest BCUT2D eigenvalue weighted by molar-refractivity contribution is 5.97. The van der Waals surface area contributed by atoms with E-state index in [9.17, 15) is 4.79 Å². The van der Waals surface area contributed by atoms with Gasteiger partial charge in [-0.05, 0) is 6.92 Å². The van der Waals surface area contributed by atoms with Gasteiger partial charge in [0.15, 0.2) is 11.5 Å². The summed E-state index contributed by atoms with van der Waals surface area (Å²) in [4.78, 5) is 15.2. The lowest BCUT2D eigenvalue weighted by molar-refractivity contribution is -0.120. The summed E-state index contributed by atoms with van der Waals surface area (Å²) in [6.45, 7) is 1.86. The molecule has 2 aromatic rings. The summed E-state index contributed by atoms with van der Waals surface area (Å²) in [5, 5.41) is 16.2. The number of nitrogens with zero attached hydrogens (tertiary/aromatic N) is 5. The Morgan fingerprint density at radius 2 is 2.47 bits per heavy atom. The molecule has 0 saturated carbocycles. The van der Waals surface area contributed by atoms with E-state index in [4.69, 9.17) is 11.0 Å². The zero-order chi connectivity index (χ0) is 13.8. The Morgan fingerprint density at radius 3 is 3.21 bits per heavy atom. The number of aryl methyl sites for hydroxylation is 1. The predicted molar refractivity (Wildman–Crippen MR) is 66.8 cm³/mol. The first-order chi connectivity index (χ1) is 9.10. The Morgan fingerprint density at radius 1 is 1.68 bits per heavy atom. The molecule has 96 valence electrons. The van der Waals surface area contributed by atoms with Gasteiger partial charge in [-0.3, -0.25) is 4.79 Å². The van der Waals surface area contributed by atoms with Crippen LogP contribution in [0.2, 0.25) is 0 Å². The number of fused-ring (bicyclic) bond motifs is 1. The van der Waals surface area contributed by atoms with Crippen LogP contribution >= 0.6 is 0 Å². The first-order valence-corrected chi connectivity index (χ1v) is 5.41. The van der Waals surface area contributed by atoms with Crippen molar-refractivity contribution in [3.63, 3.8) is 0 Å². The molecule has 0 atom stereocenters. The summed E-state index contributed by atoms with van der Waals surface area (Å²) in [5.41, 5.74) is 9.94. The number of hydrazone groups is 1. The van der Waals surface area contributed by atoms with Gasteiger partial charge in [0, 0.05) is 18.5 Å². The van der Waals surface area contributed by atoms with Crippen molar-refractivity contribution >= 4 is 17.4 Å². The van der Waals surface area contributed by atoms with Crippen LogP contribution in [0.25, 0.3) is 5.65 Å². The molecule has 0 aliphatic carbocycles. The van der Waals surface area contributed by atoms with Gasteiger partial charge < -0.3 is 5.73 Å². The van der Waals surface area contributed by atoms with Gasteiger partial charge in [0.1, 0.15) is 6.42 Å². The highest BCUT2D eigenvalue weighted by Crippen LogP contribution is 2.04. The van der Waals surface area contributed by atoms with E-state index in [1.165, 1.54) is 6.20 Å². The van der Waals surface area contributed by atoms with Crippen LogP contribution in [0.15, 0.2) is 23.6 Å². The van der Waals surface area contributed by atoms with E-state index < -0.39 is 5.91 Å². The minimum atomic E-state index is -0.519. The molecule has 2 aromatic heterocycles. The second-order valence-corrected chi connectivity index (χ2v) is 3.80. The lowest BCUT2D eigenvalue weighted by Crippen LogP contribution is -2.23. The molecular formula is C11H11N7O. The van der Waals surface area contributed by atoms with Crippen LogP contribution in [-0.4, -0.2) is 26.3 Å². The number of carbonyl (C=O) groups excluding carboxylic acids is 1. The largest absolute Gasteiger partial charge is 0.382 e. The number of nitrogens with two attached hydrogens (primary N) is 1. The summed E-state index contributed by atoms with van der Waals surface area (Å²) in [5.74, 6) is -0.428. The zero-order valence-corrected chi connectivity index (χ0v) is 10.2. The molecule has 2 heterocycles. The standard InChI is InChI=1S/C11H11N7O/c1-7-4-9-14-5-8(6-18(9)17-7)11(13)16-15-10(19)2-3-12/h4-6H,2H2,1H3,(H2,13,16)(H,15,19). The van der Waals surface area contributed by atoms with E-state index >= 15 is 0 Å². The maximum absolute atomic E-state index is 11.1. The normalized spacial score (nSPS) is 11.3. The lowest BCUT2D eigenvalue weighted by Gasteiger charge is -2.01. The third-order valence-corrected chi connectivity index (χ3v) is 2.27. The second-order valence-electron chi connectivity index (χ2n) is 3.80. The summed E-state index contributed by atoms with van der Waals surface area (Å²) in [6, 6.07) is 3.53. The molecule has 19 heavy (non-hydrogen) atoms. The Bertz CT molecular complexity index is 695. The third kappa shape index (κ3) is 2.84. The monoisotopic (exact) mass is 257 g/mol. The fraction of sp³-hybridized carbons (Fsp3) is 0.182. The highest BCUT2D eigenvalue weighted by atomic mass is 16.2. The Kier molecular flexibility index (Phi) is 3.38. The van der Waals surface area contributed by atoms with Crippen LogP contribution in [0, 0.1) is 18.3 Å². The van der Waals surface area contributed by atoms with Gasteiger partial charge in [-0.1, -0.05) is 0 Å². The molecule has 0 fully saturated rings. The Labute approximate surface area is 108 Å². The molecule has 8 nitrogen and oxygen atoms in total. The van der Waals surface area contributed by atoms with E-state index in [-0.39, 0.29) is 12.3 Å². The maximum Gasteiger partial charge on any atom is 0.254 e. The van der Waals surface area contributed by atoms with Crippen molar-refractivity contribution in [3.8, 4) is 6.07 Å². The third-order valence-electron chi connectivity index (χ3n) is 2.27. The smallest absolute Gasteiger partial charge is 0.254 e. The second kappa shape index (κ2) is 5.14. The molecular weight excluding hydrogens is 246 g/mol. The maximum atomic E-state index is 11.1. The van der Waals surface area contributed by atoms with Gasteiger partial charge in [-0.2, -0.15) is 15.5 Å². The molecule has 3 N–H and O–H groups in total. The van der Waals surface area contributed by atoms with Crippen LogP contribution in [-0.2, 0) is 4.79 Å². The number of nitriles is 1. The van der Waals surface area contributed by atoms with Gasteiger partial charge in [0.2, 0.25) is 0 Å². The van der Waals surface area contributed by atoms with Crippen molar-refractivity contribution in [1.29, 1.82) is 5.26 Å². The number of rotatable bonds is 3. The molecule has 0 aliphatic rings. The van der Waals surface area contributed by atoms with E-state index in [2.05, 4.69) is 20.6 Å². The number of nitrogens with one attached hydrogen (secondary N) is 1. The highest BCUT2D eigenvalue weighted by Gasteiger charge is 2.05. The first kappa shape index (κ1) is 12.5. The van der Waals surface area contributed by atoms with Gasteiger partial charge >= 0.3 is 0 Å². The van der Waals surface area contributed by atoms with E-state index in [0.29, 0.717) is 11.2 Å². The number of amides is 1. The molecule has 0 saturated heterocycles. The molecule has 2 rings (SSSR count). The summed E-state index contributed by atoms with van der Waals surface area (Å²) < 4.78 is 1.57. The summed E-state index contributed by atoms with van der Waals surface area (Å²) in [6.07, 6.45) is 2.92. The molecule has 0 radical (unpaired) electrons. The minimum absolute atomic E-state index is 0.0915. The fourth-order valence-electron chi connectivity index (χ4n) is 1.43. The molecule has 1 amide bonds. The van der Waals surface area contributed by atoms with Gasteiger partial charge in [0.05, 0.1) is 17.3 Å². The van der Waals surface area contributed by atoms with Crippen molar-refractivity contribution < 1.29 is 4.79 Å². The van der Waals surface area contributed by atoms with Crippen LogP contribution in [0.4, 0.5) is 0 Å². The topological polar surface area (TPSA) is 121 Å². The van der Waals surface area contributed by atoms with Crippen LogP contribution < -0.4 is 11.2 Å². The number of amidine groups is 1. The Hall–Kier alpha value is -2.95. The van der Waals surface area contributed by atoms with Crippen molar-refractivity contribution in [2.45, 2.75) is 13.3 Å². The minimum Gasteiger partial charge on any atom is -0.382 e. The molecule has 0 aromatic carbocycles. The zero-order valence-electron chi connectivity index (χ0n) is 10.2. The van der Waals surface area contributed by atoms with Crippen molar-refractivity contribution in [3.05, 3.63) is 29.7 Å². The van der Waals surface area contributed by atoms with Crippen molar-refractivity contribution in [2.75, 3.05) is 0 Å². The predicted octanol–water partition coefficient (Wildman–Crippen LogP) is -0.312. The average Bonchev–Trinajstić information content (AvgIpc) is 2.75. The van der Waals surface area contributed by atoms with Crippen molar-refractivity contribution in [1.82, 2.24) is 20.0 Å². The van der Waals surface area contributed by atoms with E-state index in [0.717, 1.165) is 5.69 Å². The molecule has 8 heteroatoms. The lowest BCUT2D eigenvalue weighted by atomic mass is 10.3. The first-order valence-electron chi connectivity index (χ1n) is 5.41. The number of hydrogen-bond acceptors (Lipinski definition) is 5. The van der Waals surface area contributed by atoms with E-state index in [1.807, 2.05) is 13.0 Å². The SMILES string of the molecule is Cc1cc2ncc(/C(N)=N/NC(=O)CC#N)cn2n1. The molecule has 0 aliphatic heterocycles. The van der Waals surface area contributed by atoms with Crippen LogP contribution in [0.5, 0.6) is 0 Å². The van der Waals surface area contributed by atoms with Gasteiger partial charge in [-0.25, -0.2) is 14.9 Å². The number of aromatic nitrogens is 3. The van der Waals surface area contributed by atoms with E-state index in [1.54, 1.807) is 16.8 Å². The van der Waals surface area contributed by atoms with Gasteiger partial charge in [-0.15, -0.1) is 0 Å². The van der Waals surface area contributed by atoms with Crippen molar-refractivity contribution in [2.24, 2.45) is 10.8 Å². The van der Waals surface area contributed by atoms with Gasteiger partial charge in [0.25, 0.3) is 5.91 Å². The molecule has 0 bridgehead atoms. The Balaban J connectivity index is 2.21. The number of carbonyl (C=O) groups is 1. The summed E-state index contributed by atoms with van der Waals surface area (Å²) in [7, 11) is 0. The summed E-state index contributed by atoms with van der Waals surface area (Å²) >= 11 is 0. The van der Waals surface area contributed by atoms with Crippen LogP contribution in [0.3, 0.4) is 0 Å². The quantitative estimate of drug-likeness (QED) is 0.443. The average molecular weight is 257 g/mol. The van der Waals surface area contributed by atoms with Crippen LogP contribution in [0.1, 0.15) is 17.7 Å². The molecule has 0 spiro atoms.